The molecule has 1 aromatic heterocycles. The van der Waals surface area contributed by atoms with E-state index in [1.807, 2.05) is 0 Å². The summed E-state index contributed by atoms with van der Waals surface area (Å²) >= 11 is 0. The molecule has 1 aromatic carbocycles. The molecule has 0 unspecified atom stereocenters. The normalized spacial score (nSPS) is 11.9. The molecular formula is C17H24N2O. The van der Waals surface area contributed by atoms with E-state index in [2.05, 4.69) is 64.0 Å². The van der Waals surface area contributed by atoms with Gasteiger partial charge in [0.15, 0.2) is 0 Å². The number of hydrogen-bond acceptors (Lipinski definition) is 3. The number of nitrogens with zero attached hydrogens (tertiary/aromatic N) is 1. The Bertz CT molecular complexity index is 583. The van der Waals surface area contributed by atoms with Gasteiger partial charge in [0.2, 0.25) is 5.89 Å². The van der Waals surface area contributed by atoms with Crippen molar-refractivity contribution in [2.75, 3.05) is 0 Å². The van der Waals surface area contributed by atoms with Gasteiger partial charge in [-0.15, -0.1) is 0 Å². The minimum atomic E-state index is 0.0782. The van der Waals surface area contributed by atoms with Gasteiger partial charge in [0.25, 0.3) is 0 Å². The van der Waals surface area contributed by atoms with Crippen molar-refractivity contribution in [3.63, 3.8) is 0 Å². The van der Waals surface area contributed by atoms with E-state index in [1.54, 1.807) is 6.26 Å². The molecule has 20 heavy (non-hydrogen) atoms. The molecule has 0 aliphatic rings. The van der Waals surface area contributed by atoms with Crippen LogP contribution in [0.15, 0.2) is 22.8 Å². The van der Waals surface area contributed by atoms with Crippen molar-refractivity contribution in [2.24, 2.45) is 0 Å². The van der Waals surface area contributed by atoms with Gasteiger partial charge in [-0.1, -0.05) is 17.7 Å². The lowest BCUT2D eigenvalue weighted by Gasteiger charge is -2.19. The number of hydrogen-bond donors (Lipinski definition) is 1. The van der Waals surface area contributed by atoms with Gasteiger partial charge >= 0.3 is 0 Å². The molecule has 1 heterocycles. The minimum absolute atomic E-state index is 0.0782. The van der Waals surface area contributed by atoms with Gasteiger partial charge in [0, 0.05) is 17.6 Å². The first kappa shape index (κ1) is 14.8. The summed E-state index contributed by atoms with van der Waals surface area (Å²) in [7, 11) is 0. The zero-order valence-corrected chi connectivity index (χ0v) is 13.3. The number of benzene rings is 1. The van der Waals surface area contributed by atoms with Crippen LogP contribution in [-0.2, 0) is 6.54 Å². The van der Waals surface area contributed by atoms with Crippen molar-refractivity contribution in [1.82, 2.24) is 10.3 Å². The second-order valence-electron chi connectivity index (χ2n) is 6.52. The lowest BCUT2D eigenvalue weighted by atomic mass is 10.00. The molecule has 0 atom stereocenters. The molecule has 0 saturated heterocycles. The van der Waals surface area contributed by atoms with Crippen LogP contribution < -0.4 is 5.32 Å². The summed E-state index contributed by atoms with van der Waals surface area (Å²) < 4.78 is 5.67. The standard InChI is InChI=1S/C17H24N2O/c1-11-7-12(2)15(13(3)8-11)16-19-14(10-20-16)9-18-17(4,5)6/h7-8,10,18H,9H2,1-6H3. The molecule has 2 rings (SSSR count). The molecule has 0 aliphatic carbocycles. The van der Waals surface area contributed by atoms with Gasteiger partial charge < -0.3 is 9.73 Å². The monoisotopic (exact) mass is 272 g/mol. The van der Waals surface area contributed by atoms with E-state index in [0.717, 1.165) is 17.8 Å². The van der Waals surface area contributed by atoms with E-state index in [9.17, 15) is 0 Å². The van der Waals surface area contributed by atoms with Crippen LogP contribution in [0.25, 0.3) is 11.5 Å². The molecule has 108 valence electrons. The molecule has 0 fully saturated rings. The quantitative estimate of drug-likeness (QED) is 0.912. The predicted octanol–water partition coefficient (Wildman–Crippen LogP) is 4.15. The van der Waals surface area contributed by atoms with E-state index in [0.29, 0.717) is 5.89 Å². The summed E-state index contributed by atoms with van der Waals surface area (Å²) in [6, 6.07) is 4.33. The molecule has 2 aromatic rings. The van der Waals surface area contributed by atoms with Crippen LogP contribution in [-0.4, -0.2) is 10.5 Å². The Hall–Kier alpha value is -1.61. The topological polar surface area (TPSA) is 38.1 Å². The van der Waals surface area contributed by atoms with Crippen molar-refractivity contribution in [3.8, 4) is 11.5 Å². The fourth-order valence-corrected chi connectivity index (χ4v) is 2.38. The fourth-order valence-electron chi connectivity index (χ4n) is 2.38. The van der Waals surface area contributed by atoms with Gasteiger partial charge in [-0.3, -0.25) is 0 Å². The summed E-state index contributed by atoms with van der Waals surface area (Å²) in [5.74, 6) is 0.714. The molecule has 0 saturated carbocycles. The molecule has 1 N–H and O–H groups in total. The van der Waals surface area contributed by atoms with Gasteiger partial charge in [-0.25, -0.2) is 4.98 Å². The van der Waals surface area contributed by atoms with Gasteiger partial charge in [-0.2, -0.15) is 0 Å². The minimum Gasteiger partial charge on any atom is -0.444 e. The molecule has 3 nitrogen and oxygen atoms in total. The molecule has 0 amide bonds. The van der Waals surface area contributed by atoms with Crippen LogP contribution in [0.4, 0.5) is 0 Å². The second-order valence-corrected chi connectivity index (χ2v) is 6.52. The highest BCUT2D eigenvalue weighted by Gasteiger charge is 2.14. The second kappa shape index (κ2) is 5.41. The highest BCUT2D eigenvalue weighted by molar-refractivity contribution is 5.64. The summed E-state index contributed by atoms with van der Waals surface area (Å²) in [6.07, 6.45) is 1.74. The SMILES string of the molecule is Cc1cc(C)c(-c2nc(CNC(C)(C)C)co2)c(C)c1. The van der Waals surface area contributed by atoms with Crippen LogP contribution in [0.2, 0.25) is 0 Å². The fraction of sp³-hybridized carbons (Fsp3) is 0.471. The Morgan fingerprint density at radius 3 is 2.25 bits per heavy atom. The molecule has 3 heteroatoms. The van der Waals surface area contributed by atoms with Gasteiger partial charge in [0.05, 0.1) is 5.69 Å². The van der Waals surface area contributed by atoms with Crippen molar-refractivity contribution >= 4 is 0 Å². The Kier molecular flexibility index (Phi) is 4.00. The number of aryl methyl sites for hydroxylation is 3. The van der Waals surface area contributed by atoms with E-state index >= 15 is 0 Å². The van der Waals surface area contributed by atoms with Crippen molar-refractivity contribution in [3.05, 3.63) is 40.8 Å². The van der Waals surface area contributed by atoms with Crippen molar-refractivity contribution in [1.29, 1.82) is 0 Å². The molecular weight excluding hydrogens is 248 g/mol. The van der Waals surface area contributed by atoms with Crippen LogP contribution in [0.1, 0.15) is 43.2 Å². The summed E-state index contributed by atoms with van der Waals surface area (Å²) in [5, 5.41) is 3.42. The third kappa shape index (κ3) is 3.48. The van der Waals surface area contributed by atoms with E-state index in [1.165, 1.54) is 16.7 Å². The van der Waals surface area contributed by atoms with Crippen molar-refractivity contribution < 1.29 is 4.42 Å². The highest BCUT2D eigenvalue weighted by atomic mass is 16.3. The maximum atomic E-state index is 5.67. The summed E-state index contributed by atoms with van der Waals surface area (Å²) in [5.41, 5.74) is 5.81. The van der Waals surface area contributed by atoms with Crippen LogP contribution >= 0.6 is 0 Å². The predicted molar refractivity (Wildman–Crippen MR) is 82.7 cm³/mol. The number of nitrogens with one attached hydrogen (secondary N) is 1. The molecule has 0 bridgehead atoms. The van der Waals surface area contributed by atoms with Crippen LogP contribution in [0.5, 0.6) is 0 Å². The third-order valence-corrected chi connectivity index (χ3v) is 3.24. The third-order valence-electron chi connectivity index (χ3n) is 3.24. The molecule has 0 radical (unpaired) electrons. The maximum absolute atomic E-state index is 5.67. The first-order valence-electron chi connectivity index (χ1n) is 7.04. The maximum Gasteiger partial charge on any atom is 0.226 e. The molecule has 0 aliphatic heterocycles. The Labute approximate surface area is 121 Å². The lowest BCUT2D eigenvalue weighted by molar-refractivity contribution is 0.421. The highest BCUT2D eigenvalue weighted by Crippen LogP contribution is 2.27. The Balaban J connectivity index is 2.25. The average molecular weight is 272 g/mol. The van der Waals surface area contributed by atoms with Crippen LogP contribution in [0.3, 0.4) is 0 Å². The first-order valence-corrected chi connectivity index (χ1v) is 7.04. The molecule has 0 spiro atoms. The largest absolute Gasteiger partial charge is 0.444 e. The Morgan fingerprint density at radius 2 is 1.70 bits per heavy atom. The van der Waals surface area contributed by atoms with Crippen LogP contribution in [0, 0.1) is 20.8 Å². The van der Waals surface area contributed by atoms with E-state index in [4.69, 9.17) is 4.42 Å². The van der Waals surface area contributed by atoms with Gasteiger partial charge in [-0.05, 0) is 52.7 Å². The summed E-state index contributed by atoms with van der Waals surface area (Å²) in [4.78, 5) is 4.61. The van der Waals surface area contributed by atoms with E-state index in [-0.39, 0.29) is 5.54 Å². The van der Waals surface area contributed by atoms with E-state index < -0.39 is 0 Å². The number of oxazole rings is 1. The number of aromatic nitrogens is 1. The number of rotatable bonds is 3. The average Bonchev–Trinajstić information content (AvgIpc) is 2.72. The smallest absolute Gasteiger partial charge is 0.226 e. The lowest BCUT2D eigenvalue weighted by Crippen LogP contribution is -2.35. The Morgan fingerprint density at radius 1 is 1.10 bits per heavy atom. The zero-order valence-electron chi connectivity index (χ0n) is 13.3. The first-order chi connectivity index (χ1) is 9.26. The van der Waals surface area contributed by atoms with Gasteiger partial charge in [0.1, 0.15) is 6.26 Å². The van der Waals surface area contributed by atoms with Crippen molar-refractivity contribution in [2.45, 2.75) is 53.6 Å². The summed E-state index contributed by atoms with van der Waals surface area (Å²) in [6.45, 7) is 13.5. The zero-order chi connectivity index (χ0) is 14.9.